The molecule has 1 saturated heterocycles. The molecule has 2 amide bonds. The van der Waals surface area contributed by atoms with Gasteiger partial charge in [-0.1, -0.05) is 36.4 Å². The third-order valence-corrected chi connectivity index (χ3v) is 18.1. The van der Waals surface area contributed by atoms with Crippen LogP contribution in [-0.4, -0.2) is 131 Å². The van der Waals surface area contributed by atoms with Crippen LogP contribution in [0.5, 0.6) is 0 Å². The Morgan fingerprint density at radius 3 is 1.77 bits per heavy atom. The van der Waals surface area contributed by atoms with Gasteiger partial charge in [-0.3, -0.25) is 32.4 Å². The van der Waals surface area contributed by atoms with Crippen LogP contribution in [0, 0.1) is 0 Å². The van der Waals surface area contributed by atoms with Crippen molar-refractivity contribution in [1.29, 1.82) is 0 Å². The minimum atomic E-state index is -5.09. The molecular weight excluding hydrogens is 1120 g/mol. The number of ether oxygens (including phenoxy) is 1. The Labute approximate surface area is 450 Å². The average molecular weight is 1180 g/mol. The van der Waals surface area contributed by atoms with Crippen molar-refractivity contribution in [2.45, 2.75) is 103 Å². The third-order valence-electron chi connectivity index (χ3n) is 13.8. The van der Waals surface area contributed by atoms with E-state index in [4.69, 9.17) is 9.57 Å². The highest BCUT2D eigenvalue weighted by Gasteiger charge is 2.47. The van der Waals surface area contributed by atoms with E-state index < -0.39 is 105 Å². The molecule has 1 atom stereocenters. The van der Waals surface area contributed by atoms with Crippen molar-refractivity contribution in [1.82, 2.24) is 5.06 Å². The van der Waals surface area contributed by atoms with Gasteiger partial charge in [-0.2, -0.15) is 46.7 Å². The molecule has 1 fully saturated rings. The van der Waals surface area contributed by atoms with Crippen LogP contribution in [-0.2, 0) is 85.4 Å². The number of benzene rings is 4. The lowest BCUT2D eigenvalue weighted by molar-refractivity contribution is -0.438. The quantitative estimate of drug-likeness (QED) is 0.0193. The largest absolute Gasteiger partial charge is 0.383 e. The molecule has 23 nitrogen and oxygen atoms in total. The lowest BCUT2D eigenvalue weighted by Crippen LogP contribution is -2.31. The first-order chi connectivity index (χ1) is 36.2. The van der Waals surface area contributed by atoms with Crippen molar-refractivity contribution < 1.29 is 93.4 Å². The van der Waals surface area contributed by atoms with E-state index in [0.29, 0.717) is 76.9 Å². The fourth-order valence-corrected chi connectivity index (χ4v) is 13.6. The van der Waals surface area contributed by atoms with Gasteiger partial charge >= 0.3 is 5.97 Å². The van der Waals surface area contributed by atoms with Crippen LogP contribution < -0.4 is 4.90 Å². The first-order valence-electron chi connectivity index (χ1n) is 24.0. The van der Waals surface area contributed by atoms with E-state index in [0.717, 1.165) is 12.1 Å². The summed E-state index contributed by atoms with van der Waals surface area (Å²) in [5.41, 5.74) is 0.623. The van der Waals surface area contributed by atoms with Crippen LogP contribution >= 0.6 is 0 Å². The molecule has 3 heterocycles. The summed E-state index contributed by atoms with van der Waals surface area (Å²) < 4.78 is 182. The zero-order valence-corrected chi connectivity index (χ0v) is 46.5. The number of hydrogen-bond acceptors (Lipinski definition) is 16. The molecule has 28 heteroatoms. The lowest BCUT2D eigenvalue weighted by atomic mass is 9.75. The summed E-state index contributed by atoms with van der Waals surface area (Å²) in [6.45, 7) is 5.95. The van der Waals surface area contributed by atoms with Crippen LogP contribution in [0.4, 0.5) is 11.4 Å². The van der Waals surface area contributed by atoms with Gasteiger partial charge in [0.05, 0.1) is 27.6 Å². The Morgan fingerprint density at radius 2 is 1.22 bits per heavy atom. The maximum absolute atomic E-state index is 12.7. The van der Waals surface area contributed by atoms with E-state index in [-0.39, 0.29) is 66.8 Å². The molecule has 1 unspecified atom stereocenters. The Bertz CT molecular complexity index is 3900. The molecule has 3 aliphatic heterocycles. The number of unbranched alkanes of at least 4 members (excludes halogenated alkanes) is 2. The second-order valence-electron chi connectivity index (χ2n) is 19.4. The van der Waals surface area contributed by atoms with Crippen molar-refractivity contribution in [3.05, 3.63) is 108 Å². The first kappa shape index (κ1) is 59.6. The molecule has 3 aliphatic rings. The number of carbonyl (C=O) groups excluding carboxylic acids is 3. The monoisotopic (exact) mass is 1180 g/mol. The molecule has 0 radical (unpaired) electrons. The van der Waals surface area contributed by atoms with E-state index in [1.165, 1.54) is 19.2 Å². The van der Waals surface area contributed by atoms with E-state index >= 15 is 0 Å². The number of nitrogens with zero attached hydrogens (tertiary/aromatic N) is 3. The van der Waals surface area contributed by atoms with Gasteiger partial charge < -0.3 is 14.5 Å². The van der Waals surface area contributed by atoms with Crippen molar-refractivity contribution in [3.63, 3.8) is 0 Å². The van der Waals surface area contributed by atoms with Crippen LogP contribution in [0.2, 0.25) is 0 Å². The summed E-state index contributed by atoms with van der Waals surface area (Å²) >= 11 is 0. The number of methoxy groups -OCH3 is 1. The zero-order chi connectivity index (χ0) is 57.6. The number of amides is 2. The van der Waals surface area contributed by atoms with Crippen molar-refractivity contribution in [3.8, 4) is 0 Å². The average Bonchev–Trinajstić information content (AvgIpc) is 4.02. The predicted molar refractivity (Wildman–Crippen MR) is 283 cm³/mol. The summed E-state index contributed by atoms with van der Waals surface area (Å²) in [7, 11) is -23.2. The third kappa shape index (κ3) is 12.5. The SMILES string of the molecule is COCCN1/C(=C/C=C/C=C/C=C/C2=[N+](CCCCCC(=O)ON3C(=O)CCC3=O)c3ccc4c(S(=O)(=O)O)cc(S(=O)(=O)O)cc4c3C2(C)C)C(C)(CCCS(=O)(=O)O)c2c1ccc1c(S(=O)(=O)O)cc(S(=O)(=O)O)cc21. The first-order valence-corrected chi connectivity index (χ1v) is 31.3. The summed E-state index contributed by atoms with van der Waals surface area (Å²) in [5, 5.41) is 0.472. The number of hydroxylamine groups is 2. The Kier molecular flexibility index (Phi) is 17.0. The Morgan fingerprint density at radius 1 is 0.667 bits per heavy atom. The molecule has 78 heavy (non-hydrogen) atoms. The van der Waals surface area contributed by atoms with Gasteiger partial charge in [0.15, 0.2) is 5.71 Å². The minimum Gasteiger partial charge on any atom is -0.383 e. The maximum atomic E-state index is 12.7. The number of rotatable bonds is 22. The summed E-state index contributed by atoms with van der Waals surface area (Å²) in [6, 6.07) is 9.42. The Balaban J connectivity index is 1.26. The molecule has 0 spiro atoms. The molecule has 420 valence electrons. The van der Waals surface area contributed by atoms with Crippen LogP contribution in [0.15, 0.2) is 116 Å². The highest BCUT2D eigenvalue weighted by molar-refractivity contribution is 7.87. The van der Waals surface area contributed by atoms with E-state index in [9.17, 15) is 79.2 Å². The molecule has 5 N–H and O–H groups in total. The maximum Gasteiger partial charge on any atom is 0.333 e. The molecule has 0 saturated carbocycles. The fraction of sp³-hybridized carbons (Fsp3) is 0.360. The number of allylic oxidation sites excluding steroid dienone is 8. The zero-order valence-electron chi connectivity index (χ0n) is 42.4. The van der Waals surface area contributed by atoms with Gasteiger partial charge in [-0.15, -0.1) is 5.06 Å². The molecule has 0 aromatic heterocycles. The smallest absolute Gasteiger partial charge is 0.333 e. The van der Waals surface area contributed by atoms with E-state index in [2.05, 4.69) is 0 Å². The van der Waals surface area contributed by atoms with Gasteiger partial charge in [0.1, 0.15) is 16.3 Å². The Hall–Kier alpha value is -6.05. The van der Waals surface area contributed by atoms with Crippen LogP contribution in [0.1, 0.15) is 83.3 Å². The van der Waals surface area contributed by atoms with Crippen molar-refractivity contribution in [2.24, 2.45) is 0 Å². The molecule has 7 rings (SSSR count). The van der Waals surface area contributed by atoms with E-state index in [1.807, 2.05) is 23.3 Å². The van der Waals surface area contributed by atoms with Gasteiger partial charge in [-0.25, -0.2) is 4.79 Å². The molecule has 0 aliphatic carbocycles. The highest BCUT2D eigenvalue weighted by Crippen LogP contribution is 2.54. The number of fused-ring (bicyclic) bond motifs is 6. The van der Waals surface area contributed by atoms with Gasteiger partial charge in [-0.05, 0) is 105 Å². The van der Waals surface area contributed by atoms with Crippen molar-refractivity contribution >= 4 is 107 Å². The predicted octanol–water partition coefficient (Wildman–Crippen LogP) is 6.17. The van der Waals surface area contributed by atoms with Gasteiger partial charge in [0.2, 0.25) is 5.69 Å². The normalized spacial score (nSPS) is 18.8. The molecular formula is C50H56N3O20S5+. The second-order valence-corrected chi connectivity index (χ2v) is 26.6. The number of carbonyl (C=O) groups is 3. The van der Waals surface area contributed by atoms with Crippen LogP contribution in [0.3, 0.4) is 0 Å². The second kappa shape index (κ2) is 22.2. The lowest BCUT2D eigenvalue weighted by Gasteiger charge is -2.30. The molecule has 0 bridgehead atoms. The van der Waals surface area contributed by atoms with E-state index in [1.54, 1.807) is 61.6 Å². The highest BCUT2D eigenvalue weighted by atomic mass is 32.2. The fourth-order valence-electron chi connectivity index (χ4n) is 10.4. The number of hydrogen-bond donors (Lipinski definition) is 5. The topological polar surface area (TPSA) is 351 Å². The van der Waals surface area contributed by atoms with Gasteiger partial charge in [0.25, 0.3) is 62.4 Å². The molecule has 4 aromatic rings. The summed E-state index contributed by atoms with van der Waals surface area (Å²) in [6.07, 6.45) is 12.6. The summed E-state index contributed by atoms with van der Waals surface area (Å²) in [4.78, 5) is 40.0. The van der Waals surface area contributed by atoms with Gasteiger partial charge in [0, 0.05) is 84.6 Å². The number of anilines is 1. The number of imide groups is 1. The summed E-state index contributed by atoms with van der Waals surface area (Å²) in [5.74, 6) is -2.65. The van der Waals surface area contributed by atoms with Crippen LogP contribution in [0.25, 0.3) is 21.5 Å². The molecule has 4 aromatic carbocycles. The minimum absolute atomic E-state index is 0.00815. The standard InChI is InChI=1S/C50H55N3O20S5/c1-49(2)42(51(24-12-8-11-16-46(56)73-53-44(54)21-22-45(53)55)38-19-17-34-36(47(38)49)28-32(75(60,61)62)30-40(34)77(66,67)68)14-9-6-5-7-10-15-43-50(3,23-13-27-74(57,58)59)48-37-29-33(76(63,64)65)31-41(78(69,70)71)35(37)18-20-39(48)52(43)25-26-72-4/h5-7,9-10,14-15,17-20,28-31H,8,11-13,16,21-27H2,1-4H3,(H4-,57,58,59,60,61,62,63,64,65,66,67,68,69,70,71)/p+1. The van der Waals surface area contributed by atoms with Crippen molar-refractivity contribution in [2.75, 3.05) is 37.5 Å².